The van der Waals surface area contributed by atoms with Crippen LogP contribution in [0.4, 0.5) is 0 Å². The van der Waals surface area contributed by atoms with Gasteiger partial charge in [-0.1, -0.05) is 17.7 Å². The smallest absolute Gasteiger partial charge is 0.258 e. The lowest BCUT2D eigenvalue weighted by atomic mass is 10.3. The van der Waals surface area contributed by atoms with Crippen molar-refractivity contribution in [2.75, 3.05) is 6.61 Å². The summed E-state index contributed by atoms with van der Waals surface area (Å²) in [6, 6.07) is 7.08. The third kappa shape index (κ3) is 4.70. The molecule has 0 atom stereocenters. The maximum absolute atomic E-state index is 11.2. The fourth-order valence-corrected chi connectivity index (χ4v) is 1.25. The van der Waals surface area contributed by atoms with Crippen LogP contribution in [0.25, 0.3) is 0 Å². The van der Waals surface area contributed by atoms with E-state index >= 15 is 0 Å². The summed E-state index contributed by atoms with van der Waals surface area (Å²) in [6.45, 7) is 3.81. The second kappa shape index (κ2) is 5.61. The fraction of sp³-hybridized carbons (Fsp3) is 0.364. The first kappa shape index (κ1) is 11.9. The molecule has 0 saturated carbocycles. The molecule has 0 heterocycles. The van der Waals surface area contributed by atoms with Crippen LogP contribution in [0.3, 0.4) is 0 Å². The van der Waals surface area contributed by atoms with Crippen molar-refractivity contribution in [3.8, 4) is 5.75 Å². The summed E-state index contributed by atoms with van der Waals surface area (Å²) >= 11 is 5.76. The first-order chi connectivity index (χ1) is 7.08. The number of amides is 1. The van der Waals surface area contributed by atoms with Crippen LogP contribution in [0.15, 0.2) is 24.3 Å². The lowest BCUT2D eigenvalue weighted by molar-refractivity contribution is -0.123. The van der Waals surface area contributed by atoms with Crippen LogP contribution in [-0.4, -0.2) is 18.6 Å². The van der Waals surface area contributed by atoms with Gasteiger partial charge in [0, 0.05) is 11.1 Å². The van der Waals surface area contributed by atoms with Crippen molar-refractivity contribution in [1.29, 1.82) is 0 Å². The molecule has 0 aromatic heterocycles. The molecule has 82 valence electrons. The molecule has 0 unspecified atom stereocenters. The van der Waals surface area contributed by atoms with E-state index < -0.39 is 0 Å². The Morgan fingerprint density at radius 2 is 2.27 bits per heavy atom. The molecule has 0 aliphatic carbocycles. The highest BCUT2D eigenvalue weighted by Crippen LogP contribution is 2.16. The molecule has 15 heavy (non-hydrogen) atoms. The van der Waals surface area contributed by atoms with Gasteiger partial charge in [-0.15, -0.1) is 0 Å². The lowest BCUT2D eigenvalue weighted by Gasteiger charge is -2.09. The van der Waals surface area contributed by atoms with Gasteiger partial charge in [0.1, 0.15) is 5.75 Å². The SMILES string of the molecule is CC(C)NC(=O)COc1cccc(Cl)c1. The van der Waals surface area contributed by atoms with E-state index in [9.17, 15) is 4.79 Å². The predicted molar refractivity (Wildman–Crippen MR) is 60.2 cm³/mol. The summed E-state index contributed by atoms with van der Waals surface area (Å²) < 4.78 is 5.25. The third-order valence-electron chi connectivity index (χ3n) is 1.62. The predicted octanol–water partition coefficient (Wildman–Crippen LogP) is 2.24. The second-order valence-electron chi connectivity index (χ2n) is 3.47. The maximum atomic E-state index is 11.2. The molecule has 0 bridgehead atoms. The molecule has 0 spiro atoms. The molecule has 1 N–H and O–H groups in total. The minimum absolute atomic E-state index is 0.0124. The Balaban J connectivity index is 2.40. The molecule has 0 aliphatic rings. The van der Waals surface area contributed by atoms with E-state index in [4.69, 9.17) is 16.3 Å². The average molecular weight is 228 g/mol. The van der Waals surface area contributed by atoms with E-state index in [-0.39, 0.29) is 18.6 Å². The monoisotopic (exact) mass is 227 g/mol. The van der Waals surface area contributed by atoms with E-state index in [0.717, 1.165) is 0 Å². The number of benzene rings is 1. The van der Waals surface area contributed by atoms with E-state index in [2.05, 4.69) is 5.32 Å². The lowest BCUT2D eigenvalue weighted by Crippen LogP contribution is -2.34. The molecule has 1 aromatic rings. The van der Waals surface area contributed by atoms with Crippen LogP contribution >= 0.6 is 11.6 Å². The number of carbonyl (C=O) groups is 1. The van der Waals surface area contributed by atoms with Crippen LogP contribution < -0.4 is 10.1 Å². The van der Waals surface area contributed by atoms with Gasteiger partial charge in [0.2, 0.25) is 0 Å². The number of hydrogen-bond acceptors (Lipinski definition) is 2. The zero-order valence-corrected chi connectivity index (χ0v) is 9.54. The Morgan fingerprint density at radius 3 is 2.87 bits per heavy atom. The largest absolute Gasteiger partial charge is 0.484 e. The van der Waals surface area contributed by atoms with Crippen molar-refractivity contribution >= 4 is 17.5 Å². The highest BCUT2D eigenvalue weighted by atomic mass is 35.5. The Kier molecular flexibility index (Phi) is 4.43. The summed E-state index contributed by atoms with van der Waals surface area (Å²) in [6.07, 6.45) is 0. The summed E-state index contributed by atoms with van der Waals surface area (Å²) in [5.74, 6) is 0.464. The highest BCUT2D eigenvalue weighted by Gasteiger charge is 2.04. The maximum Gasteiger partial charge on any atom is 0.258 e. The second-order valence-corrected chi connectivity index (χ2v) is 3.90. The van der Waals surface area contributed by atoms with E-state index in [1.807, 2.05) is 13.8 Å². The Labute approximate surface area is 94.4 Å². The van der Waals surface area contributed by atoms with Crippen molar-refractivity contribution in [3.05, 3.63) is 29.3 Å². The van der Waals surface area contributed by atoms with Gasteiger partial charge < -0.3 is 10.1 Å². The van der Waals surface area contributed by atoms with Crippen molar-refractivity contribution in [2.45, 2.75) is 19.9 Å². The highest BCUT2D eigenvalue weighted by molar-refractivity contribution is 6.30. The van der Waals surface area contributed by atoms with Crippen molar-refractivity contribution in [1.82, 2.24) is 5.32 Å². The fourth-order valence-electron chi connectivity index (χ4n) is 1.07. The van der Waals surface area contributed by atoms with Crippen molar-refractivity contribution < 1.29 is 9.53 Å². The summed E-state index contributed by atoms with van der Waals surface area (Å²) in [4.78, 5) is 11.2. The summed E-state index contributed by atoms with van der Waals surface area (Å²) in [5, 5.41) is 3.32. The summed E-state index contributed by atoms with van der Waals surface area (Å²) in [7, 11) is 0. The minimum atomic E-state index is -0.134. The molecule has 4 heteroatoms. The van der Waals surface area contributed by atoms with Gasteiger partial charge in [-0.2, -0.15) is 0 Å². The van der Waals surface area contributed by atoms with Crippen LogP contribution in [0.1, 0.15) is 13.8 Å². The normalized spacial score (nSPS) is 10.1. The van der Waals surface area contributed by atoms with Gasteiger partial charge in [-0.3, -0.25) is 4.79 Å². The number of ether oxygens (including phenoxy) is 1. The molecule has 0 aliphatic heterocycles. The van der Waals surface area contributed by atoms with Crippen molar-refractivity contribution in [2.24, 2.45) is 0 Å². The zero-order valence-electron chi connectivity index (χ0n) is 8.79. The Bertz CT molecular complexity index is 339. The number of carbonyl (C=O) groups excluding carboxylic acids is 1. The number of hydrogen-bond donors (Lipinski definition) is 1. The van der Waals surface area contributed by atoms with Gasteiger partial charge in [-0.25, -0.2) is 0 Å². The number of rotatable bonds is 4. The third-order valence-corrected chi connectivity index (χ3v) is 1.85. The molecule has 1 rings (SSSR count). The van der Waals surface area contributed by atoms with E-state index in [0.29, 0.717) is 10.8 Å². The van der Waals surface area contributed by atoms with Crippen LogP contribution in [0.5, 0.6) is 5.75 Å². The standard InChI is InChI=1S/C11H14ClNO2/c1-8(2)13-11(14)7-15-10-5-3-4-9(12)6-10/h3-6,8H,7H2,1-2H3,(H,13,14). The molecule has 0 radical (unpaired) electrons. The Morgan fingerprint density at radius 1 is 1.53 bits per heavy atom. The Hall–Kier alpha value is -1.22. The van der Waals surface area contributed by atoms with E-state index in [1.165, 1.54) is 0 Å². The molecule has 0 fully saturated rings. The van der Waals surface area contributed by atoms with Gasteiger partial charge in [0.25, 0.3) is 5.91 Å². The minimum Gasteiger partial charge on any atom is -0.484 e. The molecule has 1 amide bonds. The van der Waals surface area contributed by atoms with E-state index in [1.54, 1.807) is 24.3 Å². The summed E-state index contributed by atoms with van der Waals surface area (Å²) in [5.41, 5.74) is 0. The van der Waals surface area contributed by atoms with Gasteiger partial charge in [-0.05, 0) is 32.0 Å². The van der Waals surface area contributed by atoms with Crippen molar-refractivity contribution in [3.63, 3.8) is 0 Å². The quantitative estimate of drug-likeness (QED) is 0.857. The zero-order chi connectivity index (χ0) is 11.3. The number of nitrogens with one attached hydrogen (secondary N) is 1. The van der Waals surface area contributed by atoms with Gasteiger partial charge in [0.15, 0.2) is 6.61 Å². The van der Waals surface area contributed by atoms with Crippen LogP contribution in [-0.2, 0) is 4.79 Å². The van der Waals surface area contributed by atoms with Crippen LogP contribution in [0.2, 0.25) is 5.02 Å². The topological polar surface area (TPSA) is 38.3 Å². The first-order valence-electron chi connectivity index (χ1n) is 4.75. The van der Waals surface area contributed by atoms with Gasteiger partial charge >= 0.3 is 0 Å². The molecular formula is C11H14ClNO2. The molecule has 3 nitrogen and oxygen atoms in total. The first-order valence-corrected chi connectivity index (χ1v) is 5.13. The molecular weight excluding hydrogens is 214 g/mol. The van der Waals surface area contributed by atoms with Crippen LogP contribution in [0, 0.1) is 0 Å². The molecule has 0 saturated heterocycles. The van der Waals surface area contributed by atoms with Gasteiger partial charge in [0.05, 0.1) is 0 Å². The number of halogens is 1. The average Bonchev–Trinajstić information content (AvgIpc) is 2.14. The molecule has 1 aromatic carbocycles.